The van der Waals surface area contributed by atoms with Gasteiger partial charge < -0.3 is 0 Å². The van der Waals surface area contributed by atoms with Gasteiger partial charge in [-0.1, -0.05) is 0 Å². The van der Waals surface area contributed by atoms with Crippen molar-refractivity contribution in [3.8, 4) is 23.0 Å². The maximum atomic E-state index is 6.56. The number of rotatable bonds is 7. The molecule has 0 saturated carbocycles. The van der Waals surface area contributed by atoms with Gasteiger partial charge in [-0.15, -0.1) is 0 Å². The van der Waals surface area contributed by atoms with Gasteiger partial charge in [0.15, 0.2) is 0 Å². The number of anilines is 1. The number of para-hydroxylation sites is 5. The zero-order valence-electron chi connectivity index (χ0n) is 17.2. The van der Waals surface area contributed by atoms with Gasteiger partial charge in [0.05, 0.1) is 0 Å². The van der Waals surface area contributed by atoms with Crippen LogP contribution < -0.4 is 22.5 Å². The molecule has 3 aromatic rings. The average Bonchev–Trinajstić information content (AvgIpc) is 3.29. The molecule has 2 aliphatic rings. The predicted molar refractivity (Wildman–Crippen MR) is 121 cm³/mol. The molecule has 5 rings (SSSR count). The van der Waals surface area contributed by atoms with Crippen LogP contribution in [0.15, 0.2) is 78.9 Å². The summed E-state index contributed by atoms with van der Waals surface area (Å²) in [6.07, 6.45) is 0. The Labute approximate surface area is 182 Å². The summed E-state index contributed by atoms with van der Waals surface area (Å²) in [4.78, 5) is 0. The molecule has 9 heteroatoms. The normalized spacial score (nSPS) is 18.0. The van der Waals surface area contributed by atoms with Gasteiger partial charge in [-0.25, -0.2) is 0 Å². The molecule has 0 radical (unpaired) electrons. The van der Waals surface area contributed by atoms with Crippen molar-refractivity contribution in [3.05, 3.63) is 78.9 Å². The van der Waals surface area contributed by atoms with E-state index in [2.05, 4.69) is 0 Å². The third-order valence-electron chi connectivity index (χ3n) is 4.63. The van der Waals surface area contributed by atoms with Crippen molar-refractivity contribution in [2.75, 3.05) is 17.7 Å². The zero-order valence-corrected chi connectivity index (χ0v) is 19.0. The molecule has 1 spiro atoms. The average molecular weight is 459 g/mol. The van der Waals surface area contributed by atoms with Crippen molar-refractivity contribution in [2.45, 2.75) is 13.8 Å². The summed E-state index contributed by atoms with van der Waals surface area (Å²) in [6.45, 7) is 4.69. The monoisotopic (exact) mass is 459 g/mol. The second-order valence-corrected chi connectivity index (χ2v) is 11.1. The van der Waals surface area contributed by atoms with Crippen LogP contribution in [0.1, 0.15) is 13.8 Å². The number of fused-ring (bicyclic) bond motifs is 2. The van der Waals surface area contributed by atoms with Crippen LogP contribution in [-0.4, -0.2) is 13.2 Å². The van der Waals surface area contributed by atoms with E-state index >= 15 is 0 Å². The molecule has 2 aliphatic heterocycles. The first kappa shape index (κ1) is 20.3. The fourth-order valence-corrected chi connectivity index (χ4v) is 9.18. The minimum atomic E-state index is -4.54. The first-order valence-electron chi connectivity index (χ1n) is 10.1. The first-order chi connectivity index (χ1) is 15.2. The molecule has 0 N–H and O–H groups in total. The standard InChI is InChI=1S/C22H23NO6P2/c1-3-24-30(25-4-2)23(18-12-6-5-7-13-18)31(26-19-14-8-9-15-20(19)27-31)28-21-16-10-11-17-22(21)29-31/h5-17H,3-4H2,1-2H3. The van der Waals surface area contributed by atoms with E-state index in [0.717, 1.165) is 5.69 Å². The molecule has 0 atom stereocenters. The molecule has 0 bridgehead atoms. The van der Waals surface area contributed by atoms with E-state index < -0.39 is 16.2 Å². The van der Waals surface area contributed by atoms with Crippen molar-refractivity contribution >= 4 is 21.9 Å². The van der Waals surface area contributed by atoms with Crippen LogP contribution >= 0.6 is 16.2 Å². The zero-order chi connectivity index (χ0) is 21.3. The summed E-state index contributed by atoms with van der Waals surface area (Å²) in [5.74, 6) is 2.16. The Bertz CT molecular complexity index is 963. The Balaban J connectivity index is 1.73. The van der Waals surface area contributed by atoms with Gasteiger partial charge in [-0.3, -0.25) is 0 Å². The van der Waals surface area contributed by atoms with Crippen LogP contribution in [0.4, 0.5) is 5.69 Å². The maximum absolute atomic E-state index is 6.56. The van der Waals surface area contributed by atoms with Gasteiger partial charge in [-0.2, -0.15) is 0 Å². The molecule has 3 aromatic carbocycles. The van der Waals surface area contributed by atoms with E-state index in [1.165, 1.54) is 0 Å². The summed E-state index contributed by atoms with van der Waals surface area (Å²) >= 11 is 0. The minimum absolute atomic E-state index is 0.432. The number of benzene rings is 3. The third kappa shape index (κ3) is 3.29. The van der Waals surface area contributed by atoms with Crippen molar-refractivity contribution in [1.29, 1.82) is 0 Å². The second-order valence-electron chi connectivity index (χ2n) is 6.73. The van der Waals surface area contributed by atoms with Gasteiger partial charge in [0.25, 0.3) is 0 Å². The van der Waals surface area contributed by atoms with Gasteiger partial charge >= 0.3 is 182 Å². The predicted octanol–water partition coefficient (Wildman–Crippen LogP) is 6.86. The van der Waals surface area contributed by atoms with Crippen LogP contribution in [0.25, 0.3) is 0 Å². The number of nitrogens with zero attached hydrogens (tertiary/aromatic N) is 1. The summed E-state index contributed by atoms with van der Waals surface area (Å²) < 4.78 is 40.2. The van der Waals surface area contributed by atoms with Gasteiger partial charge in [0.1, 0.15) is 0 Å². The Kier molecular flexibility index (Phi) is 5.15. The fraction of sp³-hybridized carbons (Fsp3) is 0.182. The molecule has 0 aliphatic carbocycles. The van der Waals surface area contributed by atoms with Crippen LogP contribution in [0.3, 0.4) is 0 Å². The van der Waals surface area contributed by atoms with Crippen LogP contribution in [0.2, 0.25) is 0 Å². The van der Waals surface area contributed by atoms with E-state index in [4.69, 9.17) is 27.1 Å². The summed E-state index contributed by atoms with van der Waals surface area (Å²) in [5, 5.41) is 0. The van der Waals surface area contributed by atoms with Crippen molar-refractivity contribution in [2.24, 2.45) is 0 Å². The molecule has 0 unspecified atom stereocenters. The van der Waals surface area contributed by atoms with Gasteiger partial charge in [0, 0.05) is 0 Å². The Hall–Kier alpha value is -2.56. The van der Waals surface area contributed by atoms with E-state index in [1.807, 2.05) is 92.7 Å². The van der Waals surface area contributed by atoms with Crippen LogP contribution in [0, 0.1) is 0 Å². The Morgan fingerprint density at radius 3 is 1.42 bits per heavy atom. The summed E-state index contributed by atoms with van der Waals surface area (Å²) in [7, 11) is -6.23. The molecule has 31 heavy (non-hydrogen) atoms. The Morgan fingerprint density at radius 1 is 0.645 bits per heavy atom. The molecule has 162 valence electrons. The van der Waals surface area contributed by atoms with E-state index in [9.17, 15) is 0 Å². The van der Waals surface area contributed by atoms with E-state index in [-0.39, 0.29) is 0 Å². The topological polar surface area (TPSA) is 58.6 Å². The van der Waals surface area contributed by atoms with Crippen molar-refractivity contribution in [3.63, 3.8) is 0 Å². The Morgan fingerprint density at radius 2 is 1.03 bits per heavy atom. The van der Waals surface area contributed by atoms with Crippen LogP contribution in [0.5, 0.6) is 23.0 Å². The molecule has 0 saturated heterocycles. The number of hydrogen-bond acceptors (Lipinski definition) is 7. The van der Waals surface area contributed by atoms with Crippen molar-refractivity contribution < 1.29 is 27.1 Å². The quantitative estimate of drug-likeness (QED) is 0.358. The van der Waals surface area contributed by atoms with E-state index in [1.54, 1.807) is 4.44 Å². The molecule has 7 nitrogen and oxygen atoms in total. The SMILES string of the molecule is CCOP(OCC)N(c1ccccc1)P12(Oc3ccccc3O1)Oc1ccccc1O2. The molecule has 2 heterocycles. The molecule has 0 fully saturated rings. The fourth-order valence-electron chi connectivity index (χ4n) is 3.46. The van der Waals surface area contributed by atoms with Crippen molar-refractivity contribution in [1.82, 2.24) is 0 Å². The molecular weight excluding hydrogens is 436 g/mol. The van der Waals surface area contributed by atoms with Crippen LogP contribution in [-0.2, 0) is 9.05 Å². The molecule has 0 amide bonds. The molecular formula is C22H23NO6P2. The van der Waals surface area contributed by atoms with E-state index in [0.29, 0.717) is 36.2 Å². The molecule has 0 aromatic heterocycles. The summed E-state index contributed by atoms with van der Waals surface area (Å²) in [5.41, 5.74) is 0.744. The van der Waals surface area contributed by atoms with Gasteiger partial charge in [0.2, 0.25) is 0 Å². The van der Waals surface area contributed by atoms with Gasteiger partial charge in [-0.05, 0) is 0 Å². The summed E-state index contributed by atoms with van der Waals surface area (Å²) in [6, 6.07) is 24.5. The first-order valence-corrected chi connectivity index (χ1v) is 13.1. The number of hydrogen-bond donors (Lipinski definition) is 0. The second kappa shape index (κ2) is 7.85. The third-order valence-corrected chi connectivity index (χ3v) is 10.3.